The molecule has 1 aromatic carbocycles. The first-order chi connectivity index (χ1) is 8.09. The minimum absolute atomic E-state index is 0. The maximum absolute atomic E-state index is 13.2. The number of hydrogen-bond donors (Lipinski definition) is 1. The number of hydrogen-bond acceptors (Lipinski definition) is 2. The van der Waals surface area contributed by atoms with E-state index in [-0.39, 0.29) is 30.2 Å². The van der Waals surface area contributed by atoms with Gasteiger partial charge in [-0.3, -0.25) is 4.79 Å². The highest BCUT2D eigenvalue weighted by atomic mass is 79.9. The standard InChI is InChI=1S/C12H14BrFN2O.ClH/c1-8-7-15-4-5-16(8)12(17)10-6-9(14)2-3-11(10)13;/h2-3,6,8,15H,4-5,7H2,1H3;1H/t8-;/m1./s1. The molecule has 18 heavy (non-hydrogen) atoms. The summed E-state index contributed by atoms with van der Waals surface area (Å²) in [6.45, 7) is 4.20. The Hall–Kier alpha value is -0.650. The van der Waals surface area contributed by atoms with Crippen LogP contribution in [0.4, 0.5) is 4.39 Å². The average molecular weight is 338 g/mol. The molecule has 0 aliphatic carbocycles. The molecule has 1 atom stereocenters. The van der Waals surface area contributed by atoms with E-state index in [0.717, 1.165) is 13.1 Å². The van der Waals surface area contributed by atoms with Gasteiger partial charge in [0.25, 0.3) is 5.91 Å². The van der Waals surface area contributed by atoms with Gasteiger partial charge >= 0.3 is 0 Å². The number of nitrogens with one attached hydrogen (secondary N) is 1. The van der Waals surface area contributed by atoms with E-state index in [4.69, 9.17) is 0 Å². The minimum atomic E-state index is -0.390. The number of nitrogens with zero attached hydrogens (tertiary/aromatic N) is 1. The maximum Gasteiger partial charge on any atom is 0.255 e. The molecular formula is C12H15BrClFN2O. The minimum Gasteiger partial charge on any atom is -0.333 e. The van der Waals surface area contributed by atoms with Crippen LogP contribution in [0.25, 0.3) is 0 Å². The average Bonchev–Trinajstić information content (AvgIpc) is 2.32. The maximum atomic E-state index is 13.2. The molecule has 100 valence electrons. The van der Waals surface area contributed by atoms with Gasteiger partial charge in [-0.25, -0.2) is 4.39 Å². The molecule has 1 amide bonds. The lowest BCUT2D eigenvalue weighted by Crippen LogP contribution is -2.52. The van der Waals surface area contributed by atoms with E-state index >= 15 is 0 Å². The van der Waals surface area contributed by atoms with Crippen LogP contribution < -0.4 is 5.32 Å². The summed E-state index contributed by atoms with van der Waals surface area (Å²) in [5.41, 5.74) is 0.388. The summed E-state index contributed by atoms with van der Waals surface area (Å²) < 4.78 is 13.8. The first-order valence-corrected chi connectivity index (χ1v) is 6.35. The van der Waals surface area contributed by atoms with Gasteiger partial charge in [-0.05, 0) is 41.1 Å². The smallest absolute Gasteiger partial charge is 0.255 e. The molecular weight excluding hydrogens is 322 g/mol. The van der Waals surface area contributed by atoms with Crippen LogP contribution in [-0.4, -0.2) is 36.5 Å². The monoisotopic (exact) mass is 336 g/mol. The zero-order valence-electron chi connectivity index (χ0n) is 9.95. The number of rotatable bonds is 1. The fraction of sp³-hybridized carbons (Fsp3) is 0.417. The number of benzene rings is 1. The van der Waals surface area contributed by atoms with Crippen LogP contribution in [-0.2, 0) is 0 Å². The van der Waals surface area contributed by atoms with E-state index in [1.165, 1.54) is 12.1 Å². The molecule has 6 heteroatoms. The summed E-state index contributed by atoms with van der Waals surface area (Å²) in [5, 5.41) is 3.22. The molecule has 1 fully saturated rings. The van der Waals surface area contributed by atoms with Crippen molar-refractivity contribution in [1.29, 1.82) is 0 Å². The zero-order chi connectivity index (χ0) is 12.4. The molecule has 0 aromatic heterocycles. The second-order valence-corrected chi connectivity index (χ2v) is 5.03. The van der Waals surface area contributed by atoms with Crippen molar-refractivity contribution in [3.63, 3.8) is 0 Å². The van der Waals surface area contributed by atoms with E-state index in [2.05, 4.69) is 21.2 Å². The number of carbonyl (C=O) groups is 1. The van der Waals surface area contributed by atoms with Gasteiger partial charge in [0.05, 0.1) is 5.56 Å². The van der Waals surface area contributed by atoms with Crippen molar-refractivity contribution in [2.24, 2.45) is 0 Å². The summed E-state index contributed by atoms with van der Waals surface area (Å²) in [6, 6.07) is 4.31. The van der Waals surface area contributed by atoms with E-state index in [1.54, 1.807) is 11.0 Å². The number of carbonyl (C=O) groups excluding carboxylic acids is 1. The Morgan fingerprint density at radius 3 is 2.94 bits per heavy atom. The summed E-state index contributed by atoms with van der Waals surface area (Å²) in [4.78, 5) is 14.1. The van der Waals surface area contributed by atoms with Crippen LogP contribution in [0.2, 0.25) is 0 Å². The summed E-state index contributed by atoms with van der Waals surface area (Å²) in [5.74, 6) is -0.510. The highest BCUT2D eigenvalue weighted by Crippen LogP contribution is 2.21. The van der Waals surface area contributed by atoms with Crippen molar-refractivity contribution in [3.05, 3.63) is 34.1 Å². The Morgan fingerprint density at radius 2 is 2.28 bits per heavy atom. The Morgan fingerprint density at radius 1 is 1.56 bits per heavy atom. The first kappa shape index (κ1) is 15.4. The van der Waals surface area contributed by atoms with Gasteiger partial charge in [0.2, 0.25) is 0 Å². The van der Waals surface area contributed by atoms with Gasteiger partial charge in [-0.2, -0.15) is 0 Å². The lowest BCUT2D eigenvalue weighted by molar-refractivity contribution is 0.0654. The number of amides is 1. The number of piperazine rings is 1. The quantitative estimate of drug-likeness (QED) is 0.854. The molecule has 2 rings (SSSR count). The fourth-order valence-corrected chi connectivity index (χ4v) is 2.38. The second kappa shape index (κ2) is 6.50. The van der Waals surface area contributed by atoms with Gasteiger partial charge in [0.1, 0.15) is 5.82 Å². The van der Waals surface area contributed by atoms with E-state index < -0.39 is 0 Å². The third-order valence-electron chi connectivity index (χ3n) is 2.92. The van der Waals surface area contributed by atoms with Gasteiger partial charge < -0.3 is 10.2 Å². The lowest BCUT2D eigenvalue weighted by atomic mass is 10.1. The zero-order valence-corrected chi connectivity index (χ0v) is 12.4. The van der Waals surface area contributed by atoms with Crippen molar-refractivity contribution >= 4 is 34.2 Å². The molecule has 0 saturated carbocycles. The summed E-state index contributed by atoms with van der Waals surface area (Å²) >= 11 is 3.29. The van der Waals surface area contributed by atoms with Gasteiger partial charge in [-0.15, -0.1) is 12.4 Å². The topological polar surface area (TPSA) is 32.3 Å². The van der Waals surface area contributed by atoms with Crippen molar-refractivity contribution < 1.29 is 9.18 Å². The van der Waals surface area contributed by atoms with Gasteiger partial charge in [0.15, 0.2) is 0 Å². The highest BCUT2D eigenvalue weighted by molar-refractivity contribution is 9.10. The normalized spacial score (nSPS) is 19.3. The summed E-state index contributed by atoms with van der Waals surface area (Å²) in [6.07, 6.45) is 0. The molecule has 0 bridgehead atoms. The SMILES string of the molecule is C[C@@H]1CNCCN1C(=O)c1cc(F)ccc1Br.Cl. The van der Waals surface area contributed by atoms with Crippen LogP contribution in [0.3, 0.4) is 0 Å². The van der Waals surface area contributed by atoms with Crippen molar-refractivity contribution in [2.45, 2.75) is 13.0 Å². The van der Waals surface area contributed by atoms with Crippen molar-refractivity contribution in [3.8, 4) is 0 Å². The van der Waals surface area contributed by atoms with Crippen LogP contribution >= 0.6 is 28.3 Å². The highest BCUT2D eigenvalue weighted by Gasteiger charge is 2.25. The lowest BCUT2D eigenvalue weighted by Gasteiger charge is -2.34. The molecule has 0 spiro atoms. The van der Waals surface area contributed by atoms with Gasteiger partial charge in [0, 0.05) is 30.1 Å². The molecule has 1 aromatic rings. The molecule has 3 nitrogen and oxygen atoms in total. The van der Waals surface area contributed by atoms with Crippen LogP contribution in [0.5, 0.6) is 0 Å². The molecule has 1 aliphatic rings. The van der Waals surface area contributed by atoms with Crippen LogP contribution in [0.1, 0.15) is 17.3 Å². The van der Waals surface area contributed by atoms with Crippen molar-refractivity contribution in [1.82, 2.24) is 10.2 Å². The fourth-order valence-electron chi connectivity index (χ4n) is 1.96. The molecule has 1 heterocycles. The Labute approximate surface area is 120 Å². The largest absolute Gasteiger partial charge is 0.333 e. The Bertz CT molecular complexity index is 444. The second-order valence-electron chi connectivity index (χ2n) is 4.18. The number of halogens is 3. The molecule has 0 radical (unpaired) electrons. The predicted octanol–water partition coefficient (Wildman–Crippen LogP) is 2.44. The third-order valence-corrected chi connectivity index (χ3v) is 3.61. The Kier molecular flexibility index (Phi) is 5.56. The van der Waals surface area contributed by atoms with Crippen LogP contribution in [0.15, 0.2) is 22.7 Å². The summed E-state index contributed by atoms with van der Waals surface area (Å²) in [7, 11) is 0. The van der Waals surface area contributed by atoms with E-state index in [0.29, 0.717) is 16.6 Å². The van der Waals surface area contributed by atoms with Crippen LogP contribution in [0, 0.1) is 5.82 Å². The van der Waals surface area contributed by atoms with Gasteiger partial charge in [-0.1, -0.05) is 0 Å². The molecule has 1 saturated heterocycles. The van der Waals surface area contributed by atoms with E-state index in [1.807, 2.05) is 6.92 Å². The Balaban J connectivity index is 0.00000162. The van der Waals surface area contributed by atoms with E-state index in [9.17, 15) is 9.18 Å². The molecule has 1 aliphatic heterocycles. The molecule has 1 N–H and O–H groups in total. The molecule has 0 unspecified atom stereocenters. The first-order valence-electron chi connectivity index (χ1n) is 5.56. The van der Waals surface area contributed by atoms with Crippen molar-refractivity contribution in [2.75, 3.05) is 19.6 Å². The third kappa shape index (κ3) is 3.22. The predicted molar refractivity (Wildman–Crippen MR) is 74.7 cm³/mol.